The minimum Gasteiger partial charge on any atom is -0.489 e. The lowest BCUT2D eigenvalue weighted by Crippen LogP contribution is -2.37. The van der Waals surface area contributed by atoms with Crippen LogP contribution in [0.1, 0.15) is 36.8 Å². The number of aliphatic carboxylic acids is 1. The van der Waals surface area contributed by atoms with E-state index in [1.54, 1.807) is 5.48 Å². The van der Waals surface area contributed by atoms with E-state index in [2.05, 4.69) is 0 Å². The third-order valence-corrected chi connectivity index (χ3v) is 8.56. The summed E-state index contributed by atoms with van der Waals surface area (Å²) in [4.78, 5) is 23.2. The van der Waals surface area contributed by atoms with E-state index >= 15 is 0 Å². The number of carboxylic acids is 1. The topological polar surface area (TPSA) is 152 Å². The van der Waals surface area contributed by atoms with Crippen LogP contribution < -0.4 is 10.2 Å². The smallest absolute Gasteiger partial charge is 0.305 e. The number of sulfonamides is 1. The fourth-order valence-electron chi connectivity index (χ4n) is 4.64. The van der Waals surface area contributed by atoms with E-state index in [-0.39, 0.29) is 10.8 Å². The highest BCUT2D eigenvalue weighted by Crippen LogP contribution is 2.39. The van der Waals surface area contributed by atoms with Gasteiger partial charge in [-0.1, -0.05) is 30.7 Å². The minimum absolute atomic E-state index is 0.0857. The van der Waals surface area contributed by atoms with Crippen molar-refractivity contribution in [2.24, 2.45) is 11.8 Å². The van der Waals surface area contributed by atoms with E-state index in [1.165, 1.54) is 24.3 Å². The fourth-order valence-corrected chi connectivity index (χ4v) is 6.03. The number of ether oxygens (including phenoxy) is 3. The first-order chi connectivity index (χ1) is 18.2. The van der Waals surface area contributed by atoms with E-state index in [1.807, 2.05) is 31.2 Å². The van der Waals surface area contributed by atoms with Gasteiger partial charge in [0.25, 0.3) is 10.0 Å². The zero-order chi connectivity index (χ0) is 27.3. The van der Waals surface area contributed by atoms with Crippen molar-refractivity contribution in [2.75, 3.05) is 6.54 Å². The largest absolute Gasteiger partial charge is 0.489 e. The molecule has 0 aromatic heterocycles. The van der Waals surface area contributed by atoms with Crippen molar-refractivity contribution in [2.45, 2.75) is 50.4 Å². The second kappa shape index (κ2) is 11.7. The van der Waals surface area contributed by atoms with Crippen LogP contribution in [0.5, 0.6) is 5.75 Å². The number of nitrogens with one attached hydrogen (secondary N) is 1. The van der Waals surface area contributed by atoms with E-state index in [0.717, 1.165) is 21.7 Å². The summed E-state index contributed by atoms with van der Waals surface area (Å²) < 4.78 is 45.1. The first kappa shape index (κ1) is 27.3. The van der Waals surface area contributed by atoms with Crippen LogP contribution in [0.2, 0.25) is 0 Å². The molecule has 2 aromatic carbocycles. The lowest BCUT2D eigenvalue weighted by atomic mass is 9.95. The van der Waals surface area contributed by atoms with E-state index in [0.29, 0.717) is 31.6 Å². The third kappa shape index (κ3) is 6.03. The molecule has 1 fully saturated rings. The summed E-state index contributed by atoms with van der Waals surface area (Å²) >= 11 is 0. The van der Waals surface area contributed by atoms with Crippen LogP contribution in [-0.4, -0.2) is 47.7 Å². The number of amides is 1. The quantitative estimate of drug-likeness (QED) is 0.285. The van der Waals surface area contributed by atoms with Gasteiger partial charge in [0.05, 0.1) is 17.2 Å². The molecular formula is C26H30N2O9S. The van der Waals surface area contributed by atoms with Crippen LogP contribution in [0.3, 0.4) is 0 Å². The summed E-state index contributed by atoms with van der Waals surface area (Å²) in [5.74, 6) is -2.42. The molecule has 11 nitrogen and oxygen atoms in total. The summed E-state index contributed by atoms with van der Waals surface area (Å²) in [7, 11) is -4.23. The minimum atomic E-state index is -4.23. The average Bonchev–Trinajstić information content (AvgIpc) is 3.58. The molecule has 3 unspecified atom stereocenters. The van der Waals surface area contributed by atoms with Gasteiger partial charge < -0.3 is 19.3 Å². The molecule has 1 saturated carbocycles. The third-order valence-electron chi connectivity index (χ3n) is 6.75. The molecule has 3 N–H and O–H groups in total. The van der Waals surface area contributed by atoms with Crippen LogP contribution in [0.4, 0.5) is 0 Å². The highest BCUT2D eigenvalue weighted by molar-refractivity contribution is 7.89. The first-order valence-electron chi connectivity index (χ1n) is 12.2. The van der Waals surface area contributed by atoms with Gasteiger partial charge in [-0.2, -0.15) is 0 Å². The lowest BCUT2D eigenvalue weighted by molar-refractivity contribution is -0.143. The molecule has 0 radical (unpaired) electrons. The number of nitrogens with zero attached hydrogens (tertiary/aromatic N) is 1. The lowest BCUT2D eigenvalue weighted by Gasteiger charge is -2.27. The molecule has 4 rings (SSSR count). The number of rotatable bonds is 11. The van der Waals surface area contributed by atoms with E-state index in [4.69, 9.17) is 19.4 Å². The van der Waals surface area contributed by atoms with Crippen LogP contribution >= 0.6 is 0 Å². The molecule has 38 heavy (non-hydrogen) atoms. The van der Waals surface area contributed by atoms with E-state index in [9.17, 15) is 23.1 Å². The molecule has 12 heteroatoms. The molecule has 3 atom stereocenters. The van der Waals surface area contributed by atoms with Gasteiger partial charge >= 0.3 is 5.97 Å². The van der Waals surface area contributed by atoms with Crippen LogP contribution in [0.25, 0.3) is 0 Å². The maximum Gasteiger partial charge on any atom is 0.305 e. The molecule has 0 bridgehead atoms. The maximum atomic E-state index is 13.5. The number of hydrogen-bond acceptors (Lipinski definition) is 8. The van der Waals surface area contributed by atoms with Crippen LogP contribution in [0.15, 0.2) is 65.6 Å². The zero-order valence-electron chi connectivity index (χ0n) is 20.8. The highest BCUT2D eigenvalue weighted by atomic mass is 32.2. The van der Waals surface area contributed by atoms with Gasteiger partial charge in [-0.15, -0.1) is 0 Å². The Morgan fingerprint density at radius 2 is 1.87 bits per heavy atom. The molecule has 1 aliphatic carbocycles. The Kier molecular flexibility index (Phi) is 8.42. The first-order valence-corrected chi connectivity index (χ1v) is 13.6. The van der Waals surface area contributed by atoms with Gasteiger partial charge in [-0.3, -0.25) is 14.8 Å². The van der Waals surface area contributed by atoms with Gasteiger partial charge in [-0.05, 0) is 55.2 Å². The van der Waals surface area contributed by atoms with Gasteiger partial charge in [-0.25, -0.2) is 18.2 Å². The Hall–Kier alpha value is -3.77. The molecule has 1 aliphatic heterocycles. The summed E-state index contributed by atoms with van der Waals surface area (Å²) in [5, 5.41) is 18.2. The second-order valence-corrected chi connectivity index (χ2v) is 11.0. The summed E-state index contributed by atoms with van der Waals surface area (Å²) in [6.07, 6.45) is 1.51. The molecule has 1 amide bonds. The number of carbonyl (C=O) groups is 2. The van der Waals surface area contributed by atoms with Crippen molar-refractivity contribution in [3.63, 3.8) is 0 Å². The van der Waals surface area contributed by atoms with Crippen molar-refractivity contribution in [1.29, 1.82) is 0 Å². The van der Waals surface area contributed by atoms with Gasteiger partial charge in [0.2, 0.25) is 18.1 Å². The number of aryl methyl sites for hydroxylation is 1. The van der Waals surface area contributed by atoms with Gasteiger partial charge in [0, 0.05) is 12.5 Å². The average molecular weight is 547 g/mol. The molecular weight excluding hydrogens is 516 g/mol. The standard InChI is InChI=1S/C26H30N2O9S/c1-17-5-2-3-6-18(17)15-35-19-9-11-20(12-10-19)38(33,34)28(14-13-24(29)30)23-16-36-26(37-23)22-8-4-7-21(22)25(31)27-32/h2-3,5-6,9-12,16,21-22,26,32H,4,7-8,13-15H2,1H3,(H,27,31)(H,29,30). The fraction of sp³-hybridized carbons (Fsp3) is 0.385. The highest BCUT2D eigenvalue weighted by Gasteiger charge is 2.44. The van der Waals surface area contributed by atoms with Crippen molar-refractivity contribution >= 4 is 21.9 Å². The Morgan fingerprint density at radius 3 is 2.55 bits per heavy atom. The van der Waals surface area contributed by atoms with E-state index < -0.39 is 53.0 Å². The van der Waals surface area contributed by atoms with Crippen molar-refractivity contribution < 1.29 is 42.5 Å². The molecule has 204 valence electrons. The number of hydroxylamine groups is 1. The maximum absolute atomic E-state index is 13.5. The summed E-state index contributed by atoms with van der Waals surface area (Å²) in [6.45, 7) is 1.90. The second-order valence-electron chi connectivity index (χ2n) is 9.16. The molecule has 2 aliphatic rings. The molecule has 1 heterocycles. The van der Waals surface area contributed by atoms with Crippen LogP contribution in [-0.2, 0) is 35.7 Å². The Morgan fingerprint density at radius 1 is 1.13 bits per heavy atom. The molecule has 2 aromatic rings. The Balaban J connectivity index is 1.49. The van der Waals surface area contributed by atoms with Crippen LogP contribution in [0, 0.1) is 18.8 Å². The zero-order valence-corrected chi connectivity index (χ0v) is 21.6. The Bertz CT molecular complexity index is 1290. The Labute approximate surface area is 220 Å². The number of carbonyl (C=O) groups excluding carboxylic acids is 1. The van der Waals surface area contributed by atoms with Gasteiger partial charge in [0.1, 0.15) is 18.6 Å². The normalized spacial score (nSPS) is 20.7. The molecule has 0 spiro atoms. The summed E-state index contributed by atoms with van der Waals surface area (Å²) in [6, 6.07) is 13.6. The predicted molar refractivity (Wildman–Crippen MR) is 133 cm³/mol. The van der Waals surface area contributed by atoms with Crippen molar-refractivity contribution in [3.05, 3.63) is 71.8 Å². The van der Waals surface area contributed by atoms with Gasteiger partial charge in [0.15, 0.2) is 0 Å². The van der Waals surface area contributed by atoms with Crippen molar-refractivity contribution in [1.82, 2.24) is 9.79 Å². The predicted octanol–water partition coefficient (Wildman–Crippen LogP) is 3.13. The monoisotopic (exact) mass is 546 g/mol. The summed E-state index contributed by atoms with van der Waals surface area (Å²) in [5.41, 5.74) is 3.73. The SMILES string of the molecule is Cc1ccccc1COc1ccc(S(=O)(=O)N(CCC(=O)O)C2=COC(C3CCCC3C(=O)NO)O2)cc1. The number of hydrogen-bond donors (Lipinski definition) is 3. The number of benzene rings is 2. The van der Waals surface area contributed by atoms with Crippen molar-refractivity contribution in [3.8, 4) is 5.75 Å². The molecule has 0 saturated heterocycles. The number of carboxylic acid groups (broad SMARTS) is 1.